The van der Waals surface area contributed by atoms with Gasteiger partial charge in [-0.05, 0) is 19.1 Å². The minimum Gasteiger partial charge on any atom is -0.484 e. The highest BCUT2D eigenvalue weighted by atomic mass is 32.1. The van der Waals surface area contributed by atoms with Crippen LogP contribution in [-0.4, -0.2) is 45.3 Å². The number of benzene rings is 1. The second-order valence-corrected chi connectivity index (χ2v) is 6.56. The number of aromatic nitrogens is 2. The van der Waals surface area contributed by atoms with Gasteiger partial charge in [0.2, 0.25) is 5.89 Å². The minimum absolute atomic E-state index is 0.0684. The van der Waals surface area contributed by atoms with Gasteiger partial charge in [-0.15, -0.1) is 11.3 Å². The number of nitrogens with zero attached hydrogens (tertiary/aromatic N) is 2. The fourth-order valence-electron chi connectivity index (χ4n) is 2.10. The number of carbonyl (C=O) groups is 1. The van der Waals surface area contributed by atoms with E-state index in [9.17, 15) is 9.90 Å². The van der Waals surface area contributed by atoms with Crippen molar-refractivity contribution in [3.63, 3.8) is 0 Å². The third kappa shape index (κ3) is 4.32. The largest absolute Gasteiger partial charge is 0.484 e. The van der Waals surface area contributed by atoms with Crippen LogP contribution in [0.4, 0.5) is 0 Å². The van der Waals surface area contributed by atoms with E-state index in [0.717, 1.165) is 15.2 Å². The van der Waals surface area contributed by atoms with Gasteiger partial charge in [0.05, 0.1) is 27.9 Å². The highest BCUT2D eigenvalue weighted by molar-refractivity contribution is 7.18. The molecule has 3 aromatic rings. The number of aryl methyl sites for hydroxylation is 1. The van der Waals surface area contributed by atoms with Crippen molar-refractivity contribution in [2.45, 2.75) is 19.6 Å². The van der Waals surface area contributed by atoms with Crippen molar-refractivity contribution in [1.29, 1.82) is 0 Å². The van der Waals surface area contributed by atoms with Crippen molar-refractivity contribution in [2.24, 2.45) is 0 Å². The number of fused-ring (bicyclic) bond motifs is 1. The first-order valence-electron chi connectivity index (χ1n) is 7.56. The SMILES string of the molecule is Cc1nc2cc(OCc3nc(C(=O)NC[C@H](O)CO)co3)ccc2s1. The standard InChI is InChI=1S/C16H17N3O5S/c1-9-18-12-4-11(2-3-14(12)25-9)23-8-15-19-13(7-24-15)16(22)17-5-10(21)6-20/h2-4,7,10,20-21H,5-6,8H2,1H3,(H,17,22)/t10-/m0/s1. The summed E-state index contributed by atoms with van der Waals surface area (Å²) in [6.45, 7) is 1.52. The summed E-state index contributed by atoms with van der Waals surface area (Å²) in [5.41, 5.74) is 0.948. The third-order valence-electron chi connectivity index (χ3n) is 3.32. The average Bonchev–Trinajstić information content (AvgIpc) is 3.22. The number of aliphatic hydroxyl groups is 2. The maximum Gasteiger partial charge on any atom is 0.273 e. The van der Waals surface area contributed by atoms with Crippen molar-refractivity contribution in [1.82, 2.24) is 15.3 Å². The Morgan fingerprint density at radius 1 is 1.44 bits per heavy atom. The van der Waals surface area contributed by atoms with Crippen LogP contribution in [0.25, 0.3) is 10.2 Å². The predicted octanol–water partition coefficient (Wildman–Crippen LogP) is 1.25. The van der Waals surface area contributed by atoms with Crippen LogP contribution < -0.4 is 10.1 Å². The zero-order valence-electron chi connectivity index (χ0n) is 13.4. The molecule has 9 heteroatoms. The number of carbonyl (C=O) groups excluding carboxylic acids is 1. The molecular weight excluding hydrogens is 346 g/mol. The topological polar surface area (TPSA) is 118 Å². The predicted molar refractivity (Wildman–Crippen MR) is 90.6 cm³/mol. The molecule has 0 bridgehead atoms. The summed E-state index contributed by atoms with van der Waals surface area (Å²) in [6.07, 6.45) is 0.203. The third-order valence-corrected chi connectivity index (χ3v) is 4.27. The van der Waals surface area contributed by atoms with Crippen molar-refractivity contribution in [3.05, 3.63) is 41.1 Å². The highest BCUT2D eigenvalue weighted by Crippen LogP contribution is 2.25. The molecule has 1 amide bonds. The molecule has 0 aliphatic rings. The molecule has 1 aromatic carbocycles. The van der Waals surface area contributed by atoms with Gasteiger partial charge in [0.1, 0.15) is 12.0 Å². The first-order valence-corrected chi connectivity index (χ1v) is 8.38. The Morgan fingerprint density at radius 2 is 2.28 bits per heavy atom. The van der Waals surface area contributed by atoms with Gasteiger partial charge in [0, 0.05) is 12.6 Å². The number of amides is 1. The summed E-state index contributed by atoms with van der Waals surface area (Å²) >= 11 is 1.61. The van der Waals surface area contributed by atoms with Gasteiger partial charge in [-0.25, -0.2) is 9.97 Å². The maximum absolute atomic E-state index is 11.8. The van der Waals surface area contributed by atoms with E-state index in [1.807, 2.05) is 25.1 Å². The van der Waals surface area contributed by atoms with E-state index in [0.29, 0.717) is 5.75 Å². The Morgan fingerprint density at radius 3 is 3.08 bits per heavy atom. The first kappa shape index (κ1) is 17.3. The molecule has 132 valence electrons. The molecule has 0 saturated heterocycles. The fourth-order valence-corrected chi connectivity index (χ4v) is 2.91. The maximum atomic E-state index is 11.8. The van der Waals surface area contributed by atoms with Gasteiger partial charge >= 0.3 is 0 Å². The number of ether oxygens (including phenoxy) is 1. The van der Waals surface area contributed by atoms with Crippen molar-refractivity contribution < 1.29 is 24.2 Å². The Balaban J connectivity index is 1.58. The van der Waals surface area contributed by atoms with E-state index in [1.165, 1.54) is 6.26 Å². The lowest BCUT2D eigenvalue weighted by molar-refractivity contribution is 0.0798. The number of rotatable bonds is 7. The number of thiazole rings is 1. The van der Waals surface area contributed by atoms with E-state index in [-0.39, 0.29) is 24.7 Å². The van der Waals surface area contributed by atoms with Crippen molar-refractivity contribution in [3.8, 4) is 5.75 Å². The van der Waals surface area contributed by atoms with E-state index in [2.05, 4.69) is 15.3 Å². The van der Waals surface area contributed by atoms with Gasteiger partial charge in [-0.2, -0.15) is 0 Å². The lowest BCUT2D eigenvalue weighted by atomic mass is 10.3. The molecule has 8 nitrogen and oxygen atoms in total. The minimum atomic E-state index is -1.01. The number of aliphatic hydroxyl groups excluding tert-OH is 2. The molecule has 3 N–H and O–H groups in total. The van der Waals surface area contributed by atoms with E-state index < -0.39 is 18.6 Å². The Kier molecular flexibility index (Phi) is 5.27. The van der Waals surface area contributed by atoms with Crippen molar-refractivity contribution in [2.75, 3.05) is 13.2 Å². The molecule has 1 atom stereocenters. The quantitative estimate of drug-likeness (QED) is 0.578. The average molecular weight is 363 g/mol. The molecule has 0 saturated carbocycles. The normalized spacial score (nSPS) is 12.3. The molecule has 3 rings (SSSR count). The molecule has 25 heavy (non-hydrogen) atoms. The lowest BCUT2D eigenvalue weighted by Gasteiger charge is -2.06. The second-order valence-electron chi connectivity index (χ2n) is 5.32. The summed E-state index contributed by atoms with van der Waals surface area (Å²) in [5.74, 6) is 0.386. The summed E-state index contributed by atoms with van der Waals surface area (Å²) in [7, 11) is 0. The second kappa shape index (κ2) is 7.60. The van der Waals surface area contributed by atoms with E-state index in [1.54, 1.807) is 11.3 Å². The summed E-state index contributed by atoms with van der Waals surface area (Å²) < 4.78 is 11.9. The summed E-state index contributed by atoms with van der Waals surface area (Å²) in [6, 6.07) is 5.62. The Bertz CT molecular complexity index is 876. The molecule has 0 fully saturated rings. The number of hydrogen-bond donors (Lipinski definition) is 3. The summed E-state index contributed by atoms with van der Waals surface area (Å²) in [4.78, 5) is 20.3. The molecule has 2 heterocycles. The van der Waals surface area contributed by atoms with Gasteiger partial charge in [-0.3, -0.25) is 4.79 Å². The first-order chi connectivity index (χ1) is 12.0. The zero-order valence-corrected chi connectivity index (χ0v) is 14.2. The smallest absolute Gasteiger partial charge is 0.273 e. The summed E-state index contributed by atoms with van der Waals surface area (Å²) in [5, 5.41) is 21.4. The van der Waals surface area contributed by atoms with Crippen LogP contribution in [0, 0.1) is 6.92 Å². The van der Waals surface area contributed by atoms with Crippen molar-refractivity contribution >= 4 is 27.5 Å². The monoisotopic (exact) mass is 363 g/mol. The molecule has 0 aliphatic carbocycles. The van der Waals surface area contributed by atoms with Crippen LogP contribution in [0.3, 0.4) is 0 Å². The Hall–Kier alpha value is -2.49. The van der Waals surface area contributed by atoms with Crippen LogP contribution in [-0.2, 0) is 6.61 Å². The van der Waals surface area contributed by atoms with Crippen LogP contribution >= 0.6 is 11.3 Å². The Labute approximate surface area is 147 Å². The molecule has 0 radical (unpaired) electrons. The molecule has 0 spiro atoms. The fraction of sp³-hybridized carbons (Fsp3) is 0.312. The molecular formula is C16H17N3O5S. The van der Waals surface area contributed by atoms with Crippen LogP contribution in [0.2, 0.25) is 0 Å². The van der Waals surface area contributed by atoms with Crippen LogP contribution in [0.5, 0.6) is 5.75 Å². The van der Waals surface area contributed by atoms with Gasteiger partial charge < -0.3 is 24.7 Å². The number of nitrogens with one attached hydrogen (secondary N) is 1. The highest BCUT2D eigenvalue weighted by Gasteiger charge is 2.14. The van der Waals surface area contributed by atoms with E-state index in [4.69, 9.17) is 14.3 Å². The molecule has 2 aromatic heterocycles. The van der Waals surface area contributed by atoms with Crippen LogP contribution in [0.1, 0.15) is 21.4 Å². The van der Waals surface area contributed by atoms with Crippen LogP contribution in [0.15, 0.2) is 28.9 Å². The molecule has 0 unspecified atom stereocenters. The van der Waals surface area contributed by atoms with Gasteiger partial charge in [0.15, 0.2) is 12.3 Å². The lowest BCUT2D eigenvalue weighted by Crippen LogP contribution is -2.34. The van der Waals surface area contributed by atoms with E-state index >= 15 is 0 Å². The number of oxazole rings is 1. The number of hydrogen-bond acceptors (Lipinski definition) is 8. The van der Waals surface area contributed by atoms with Gasteiger partial charge in [0.25, 0.3) is 5.91 Å². The molecule has 0 aliphatic heterocycles. The zero-order chi connectivity index (χ0) is 17.8. The van der Waals surface area contributed by atoms with Gasteiger partial charge in [-0.1, -0.05) is 0 Å².